The molecule has 1 aromatic heterocycles. The van der Waals surface area contributed by atoms with Crippen molar-refractivity contribution in [2.24, 2.45) is 0 Å². The molecule has 0 atom stereocenters. The molecule has 1 aliphatic rings. The lowest BCUT2D eigenvalue weighted by molar-refractivity contribution is 0.313. The monoisotopic (exact) mass is 216 g/mol. The number of nitrogens with zero attached hydrogens (tertiary/aromatic N) is 2. The van der Waals surface area contributed by atoms with Crippen LogP contribution in [0.2, 0.25) is 0 Å². The number of hydrogen-bond donors (Lipinski definition) is 0. The molecule has 3 nitrogen and oxygen atoms in total. The second-order valence-electron chi connectivity index (χ2n) is 4.40. The molecule has 0 N–H and O–H groups in total. The highest BCUT2D eigenvalue weighted by molar-refractivity contribution is 5.91. The van der Waals surface area contributed by atoms with Crippen LogP contribution in [-0.4, -0.2) is 38.1 Å². The molecule has 0 amide bonds. The second-order valence-corrected chi connectivity index (χ2v) is 4.40. The first-order chi connectivity index (χ1) is 7.84. The fourth-order valence-corrected chi connectivity index (χ4v) is 2.30. The number of furan rings is 1. The van der Waals surface area contributed by atoms with E-state index in [-0.39, 0.29) is 0 Å². The van der Waals surface area contributed by atoms with Crippen LogP contribution in [0.5, 0.6) is 0 Å². The lowest BCUT2D eigenvalue weighted by Crippen LogP contribution is -2.44. The summed E-state index contributed by atoms with van der Waals surface area (Å²) in [6.45, 7) is 4.46. The van der Waals surface area contributed by atoms with Gasteiger partial charge < -0.3 is 14.2 Å². The van der Waals surface area contributed by atoms with Crippen LogP contribution in [0.1, 0.15) is 0 Å². The number of likely N-dealkylation sites (N-methyl/N-ethyl adjacent to an activating group) is 1. The molecule has 0 aliphatic carbocycles. The van der Waals surface area contributed by atoms with Crippen molar-refractivity contribution >= 4 is 16.7 Å². The lowest BCUT2D eigenvalue weighted by atomic mass is 10.2. The summed E-state index contributed by atoms with van der Waals surface area (Å²) in [5, 5.41) is 1.23. The van der Waals surface area contributed by atoms with E-state index in [2.05, 4.69) is 35.0 Å². The van der Waals surface area contributed by atoms with Crippen LogP contribution < -0.4 is 4.90 Å². The highest BCUT2D eigenvalue weighted by Gasteiger charge is 2.16. The molecule has 84 valence electrons. The van der Waals surface area contributed by atoms with Crippen molar-refractivity contribution < 1.29 is 4.42 Å². The largest absolute Gasteiger partial charge is 0.464 e. The minimum atomic E-state index is 0.983. The molecule has 0 saturated carbocycles. The van der Waals surface area contributed by atoms with Crippen molar-refractivity contribution in [2.75, 3.05) is 38.1 Å². The van der Waals surface area contributed by atoms with E-state index in [4.69, 9.17) is 4.42 Å². The minimum absolute atomic E-state index is 0.983. The van der Waals surface area contributed by atoms with Crippen LogP contribution in [0.4, 0.5) is 5.69 Å². The molecule has 1 fully saturated rings. The van der Waals surface area contributed by atoms with E-state index in [0.717, 1.165) is 31.8 Å². The Morgan fingerprint density at radius 3 is 2.69 bits per heavy atom. The van der Waals surface area contributed by atoms with Crippen molar-refractivity contribution in [1.82, 2.24) is 4.90 Å². The predicted octanol–water partition coefficient (Wildman–Crippen LogP) is 2.18. The summed E-state index contributed by atoms with van der Waals surface area (Å²) in [7, 11) is 2.18. The van der Waals surface area contributed by atoms with Gasteiger partial charge in [-0.1, -0.05) is 6.07 Å². The number of piperazine rings is 1. The van der Waals surface area contributed by atoms with Crippen LogP contribution in [0.25, 0.3) is 11.0 Å². The van der Waals surface area contributed by atoms with Gasteiger partial charge in [-0.3, -0.25) is 0 Å². The fourth-order valence-electron chi connectivity index (χ4n) is 2.30. The molecule has 0 unspecified atom stereocenters. The molecule has 3 rings (SSSR count). The van der Waals surface area contributed by atoms with E-state index < -0.39 is 0 Å². The third-order valence-corrected chi connectivity index (χ3v) is 3.32. The SMILES string of the molecule is CN1CCN(c2cccc3occc23)CC1. The maximum atomic E-state index is 5.43. The van der Waals surface area contributed by atoms with Gasteiger partial charge in [0.1, 0.15) is 5.58 Å². The molecule has 1 aromatic carbocycles. The average molecular weight is 216 g/mol. The van der Waals surface area contributed by atoms with Crippen LogP contribution >= 0.6 is 0 Å². The van der Waals surface area contributed by atoms with E-state index in [1.807, 2.05) is 6.07 Å². The fraction of sp³-hybridized carbons (Fsp3) is 0.385. The molecule has 2 aromatic rings. The molecule has 3 heteroatoms. The first kappa shape index (κ1) is 9.73. The maximum absolute atomic E-state index is 5.43. The first-order valence-electron chi connectivity index (χ1n) is 5.74. The van der Waals surface area contributed by atoms with Gasteiger partial charge in [-0.15, -0.1) is 0 Å². The zero-order valence-electron chi connectivity index (χ0n) is 9.52. The van der Waals surface area contributed by atoms with Crippen LogP contribution in [-0.2, 0) is 0 Å². The normalized spacial score (nSPS) is 18.2. The topological polar surface area (TPSA) is 19.6 Å². The van der Waals surface area contributed by atoms with E-state index in [1.165, 1.54) is 11.1 Å². The number of benzene rings is 1. The molecule has 0 radical (unpaired) electrons. The first-order valence-corrected chi connectivity index (χ1v) is 5.74. The Morgan fingerprint density at radius 1 is 1.06 bits per heavy atom. The number of anilines is 1. The molecule has 0 bridgehead atoms. The number of rotatable bonds is 1. The van der Waals surface area contributed by atoms with Gasteiger partial charge in [0, 0.05) is 37.3 Å². The van der Waals surface area contributed by atoms with Gasteiger partial charge in [0.15, 0.2) is 0 Å². The van der Waals surface area contributed by atoms with Crippen molar-refractivity contribution in [2.45, 2.75) is 0 Å². The molecule has 1 saturated heterocycles. The van der Waals surface area contributed by atoms with Gasteiger partial charge in [-0.2, -0.15) is 0 Å². The Kier molecular flexibility index (Phi) is 2.33. The van der Waals surface area contributed by atoms with Gasteiger partial charge in [-0.25, -0.2) is 0 Å². The summed E-state index contributed by atoms with van der Waals surface area (Å²) in [5.41, 5.74) is 2.29. The molecule has 1 aliphatic heterocycles. The molecule has 16 heavy (non-hydrogen) atoms. The van der Waals surface area contributed by atoms with E-state index in [9.17, 15) is 0 Å². The Morgan fingerprint density at radius 2 is 1.88 bits per heavy atom. The van der Waals surface area contributed by atoms with Crippen LogP contribution in [0.3, 0.4) is 0 Å². The third-order valence-electron chi connectivity index (χ3n) is 3.32. The average Bonchev–Trinajstić information content (AvgIpc) is 2.78. The zero-order valence-corrected chi connectivity index (χ0v) is 9.52. The lowest BCUT2D eigenvalue weighted by Gasteiger charge is -2.34. The van der Waals surface area contributed by atoms with Crippen molar-refractivity contribution in [3.05, 3.63) is 30.5 Å². The summed E-state index contributed by atoms with van der Waals surface area (Å²) < 4.78 is 5.43. The van der Waals surface area contributed by atoms with Gasteiger partial charge in [0.2, 0.25) is 0 Å². The number of fused-ring (bicyclic) bond motifs is 1. The standard InChI is InChI=1S/C13H16N2O/c1-14-6-8-15(9-7-14)12-3-2-4-13-11(12)5-10-16-13/h2-5,10H,6-9H2,1H3. The van der Waals surface area contributed by atoms with E-state index in [1.54, 1.807) is 6.26 Å². The summed E-state index contributed by atoms with van der Waals surface area (Å²) >= 11 is 0. The Bertz CT molecular complexity index is 483. The summed E-state index contributed by atoms with van der Waals surface area (Å²) in [5.74, 6) is 0. The number of hydrogen-bond acceptors (Lipinski definition) is 3. The van der Waals surface area contributed by atoms with Gasteiger partial charge in [0.25, 0.3) is 0 Å². The predicted molar refractivity (Wildman–Crippen MR) is 65.9 cm³/mol. The summed E-state index contributed by atoms with van der Waals surface area (Å²) in [6, 6.07) is 8.33. The zero-order chi connectivity index (χ0) is 11.0. The smallest absolute Gasteiger partial charge is 0.135 e. The van der Waals surface area contributed by atoms with Crippen LogP contribution in [0.15, 0.2) is 34.9 Å². The Labute approximate surface area is 95.2 Å². The quantitative estimate of drug-likeness (QED) is 0.728. The molecule has 2 heterocycles. The Balaban J connectivity index is 1.96. The molecule has 0 spiro atoms. The Hall–Kier alpha value is -1.48. The van der Waals surface area contributed by atoms with E-state index in [0.29, 0.717) is 0 Å². The van der Waals surface area contributed by atoms with Crippen LogP contribution in [0, 0.1) is 0 Å². The highest BCUT2D eigenvalue weighted by atomic mass is 16.3. The summed E-state index contributed by atoms with van der Waals surface area (Å²) in [6.07, 6.45) is 1.77. The summed E-state index contributed by atoms with van der Waals surface area (Å²) in [4.78, 5) is 4.81. The highest BCUT2D eigenvalue weighted by Crippen LogP contribution is 2.28. The third kappa shape index (κ3) is 1.57. The molecular formula is C13H16N2O. The minimum Gasteiger partial charge on any atom is -0.464 e. The van der Waals surface area contributed by atoms with Crippen molar-refractivity contribution in [1.29, 1.82) is 0 Å². The van der Waals surface area contributed by atoms with E-state index >= 15 is 0 Å². The second kappa shape index (κ2) is 3.83. The van der Waals surface area contributed by atoms with Crippen molar-refractivity contribution in [3.63, 3.8) is 0 Å². The van der Waals surface area contributed by atoms with Gasteiger partial charge >= 0.3 is 0 Å². The maximum Gasteiger partial charge on any atom is 0.135 e. The van der Waals surface area contributed by atoms with Gasteiger partial charge in [-0.05, 0) is 25.2 Å². The van der Waals surface area contributed by atoms with Gasteiger partial charge in [0.05, 0.1) is 6.26 Å². The molecular weight excluding hydrogens is 200 g/mol. The van der Waals surface area contributed by atoms with Crippen molar-refractivity contribution in [3.8, 4) is 0 Å².